The van der Waals surface area contributed by atoms with Crippen LogP contribution in [0.2, 0.25) is 0 Å². The first-order valence-electron chi connectivity index (χ1n) is 10.4. The average Bonchev–Trinajstić information content (AvgIpc) is 3.23. The molecular weight excluding hydrogens is 482 g/mol. The molecule has 0 unspecified atom stereocenters. The highest BCUT2D eigenvalue weighted by Crippen LogP contribution is 2.25. The first-order valence-corrected chi connectivity index (χ1v) is 11.2. The van der Waals surface area contributed by atoms with Crippen molar-refractivity contribution in [1.29, 1.82) is 0 Å². The minimum atomic E-state index is -0.752. The number of halogens is 1. The Kier molecular flexibility index (Phi) is 6.51. The van der Waals surface area contributed by atoms with Crippen LogP contribution >= 0.6 is 15.9 Å². The summed E-state index contributed by atoms with van der Waals surface area (Å²) in [5.74, 6) is -0.631. The Labute approximate surface area is 200 Å². The number of ether oxygens (including phenoxy) is 1. The van der Waals surface area contributed by atoms with Crippen LogP contribution in [0.15, 0.2) is 71.2 Å². The Morgan fingerprint density at radius 1 is 0.939 bits per heavy atom. The van der Waals surface area contributed by atoms with E-state index in [0.717, 1.165) is 32.4 Å². The van der Waals surface area contributed by atoms with Gasteiger partial charge in [-0.15, -0.1) is 5.10 Å². The molecule has 0 spiro atoms. The molecule has 3 aromatic carbocycles. The van der Waals surface area contributed by atoms with E-state index in [-0.39, 0.29) is 11.6 Å². The van der Waals surface area contributed by atoms with Gasteiger partial charge in [-0.1, -0.05) is 69.5 Å². The summed E-state index contributed by atoms with van der Waals surface area (Å²) in [6.45, 7) is 5.60. The Balaban J connectivity index is 1.65. The van der Waals surface area contributed by atoms with E-state index in [1.54, 1.807) is 28.9 Å². The standard InChI is InChI=1S/C26H22BrN3O3/c1-16-5-4-6-20(14-16)25-28-24(29-30(25)22-12-7-17(2)13-18(22)3)26(32)33-15-23(31)19-8-10-21(27)11-9-19/h4-14H,15H2,1-3H3. The van der Waals surface area contributed by atoms with Gasteiger partial charge in [0.25, 0.3) is 5.82 Å². The number of aryl methyl sites for hydroxylation is 3. The third-order valence-electron chi connectivity index (χ3n) is 5.15. The van der Waals surface area contributed by atoms with Gasteiger partial charge in [-0.3, -0.25) is 4.79 Å². The van der Waals surface area contributed by atoms with E-state index in [9.17, 15) is 9.59 Å². The molecule has 0 aliphatic carbocycles. The topological polar surface area (TPSA) is 74.1 Å². The molecule has 0 aliphatic heterocycles. The Hall–Kier alpha value is -3.58. The summed E-state index contributed by atoms with van der Waals surface area (Å²) in [4.78, 5) is 29.6. The molecule has 6 nitrogen and oxygen atoms in total. The van der Waals surface area contributed by atoms with Crippen LogP contribution in [0.5, 0.6) is 0 Å². The molecule has 7 heteroatoms. The number of hydrogen-bond donors (Lipinski definition) is 0. The van der Waals surface area contributed by atoms with Crippen molar-refractivity contribution < 1.29 is 14.3 Å². The maximum atomic E-state index is 12.7. The Bertz CT molecular complexity index is 1340. The van der Waals surface area contributed by atoms with Crippen LogP contribution in [-0.4, -0.2) is 33.1 Å². The van der Waals surface area contributed by atoms with Crippen LogP contribution in [0.25, 0.3) is 17.1 Å². The maximum Gasteiger partial charge on any atom is 0.378 e. The second-order valence-electron chi connectivity index (χ2n) is 7.84. The summed E-state index contributed by atoms with van der Waals surface area (Å²) in [5.41, 5.74) is 5.29. The van der Waals surface area contributed by atoms with Crippen LogP contribution in [0, 0.1) is 20.8 Å². The van der Waals surface area contributed by atoms with Gasteiger partial charge >= 0.3 is 5.97 Å². The predicted molar refractivity (Wildman–Crippen MR) is 130 cm³/mol. The van der Waals surface area contributed by atoms with Gasteiger partial charge in [-0.05, 0) is 50.6 Å². The number of esters is 1. The van der Waals surface area contributed by atoms with Crippen LogP contribution in [-0.2, 0) is 4.74 Å². The van der Waals surface area contributed by atoms with Crippen molar-refractivity contribution in [2.45, 2.75) is 20.8 Å². The van der Waals surface area contributed by atoms with Crippen molar-refractivity contribution >= 4 is 27.7 Å². The third kappa shape index (κ3) is 5.09. The number of rotatable bonds is 6. The lowest BCUT2D eigenvalue weighted by Gasteiger charge is -2.10. The molecule has 0 saturated heterocycles. The SMILES string of the molecule is Cc1cccc(-c2nc(C(=O)OCC(=O)c3ccc(Br)cc3)nn2-c2ccc(C)cc2C)c1. The van der Waals surface area contributed by atoms with Crippen LogP contribution in [0.1, 0.15) is 37.7 Å². The van der Waals surface area contributed by atoms with Crippen molar-refractivity contribution in [3.63, 3.8) is 0 Å². The summed E-state index contributed by atoms with van der Waals surface area (Å²) in [5, 5.41) is 4.45. The molecule has 0 amide bonds. The minimum absolute atomic E-state index is 0.102. The van der Waals surface area contributed by atoms with E-state index in [1.165, 1.54) is 0 Å². The molecule has 0 saturated carbocycles. The molecule has 0 radical (unpaired) electrons. The van der Waals surface area contributed by atoms with Gasteiger partial charge in [0.05, 0.1) is 5.69 Å². The smallest absolute Gasteiger partial charge is 0.378 e. The largest absolute Gasteiger partial charge is 0.451 e. The highest BCUT2D eigenvalue weighted by atomic mass is 79.9. The molecule has 0 atom stereocenters. The monoisotopic (exact) mass is 503 g/mol. The number of hydrogen-bond acceptors (Lipinski definition) is 5. The number of ketones is 1. The highest BCUT2D eigenvalue weighted by molar-refractivity contribution is 9.10. The summed E-state index contributed by atoms with van der Waals surface area (Å²) >= 11 is 3.33. The van der Waals surface area contributed by atoms with E-state index >= 15 is 0 Å². The molecule has 0 fully saturated rings. The third-order valence-corrected chi connectivity index (χ3v) is 5.68. The van der Waals surface area contributed by atoms with Gasteiger partial charge in [-0.2, -0.15) is 0 Å². The van der Waals surface area contributed by atoms with E-state index in [4.69, 9.17) is 4.74 Å². The van der Waals surface area contributed by atoms with E-state index in [0.29, 0.717) is 11.4 Å². The Morgan fingerprint density at radius 2 is 1.67 bits per heavy atom. The quantitative estimate of drug-likeness (QED) is 0.250. The molecule has 33 heavy (non-hydrogen) atoms. The number of carbonyl (C=O) groups excluding carboxylic acids is 2. The van der Waals surface area contributed by atoms with E-state index < -0.39 is 12.6 Å². The molecule has 4 aromatic rings. The van der Waals surface area contributed by atoms with Crippen LogP contribution < -0.4 is 0 Å². The molecular formula is C26H22BrN3O3. The van der Waals surface area contributed by atoms with Gasteiger partial charge in [0.2, 0.25) is 0 Å². The molecule has 1 heterocycles. The molecule has 0 N–H and O–H groups in total. The van der Waals surface area contributed by atoms with Gasteiger partial charge in [0, 0.05) is 15.6 Å². The van der Waals surface area contributed by atoms with Gasteiger partial charge < -0.3 is 4.74 Å². The summed E-state index contributed by atoms with van der Waals surface area (Å²) < 4.78 is 7.76. The first-order chi connectivity index (χ1) is 15.8. The number of nitrogens with zero attached hydrogens (tertiary/aromatic N) is 3. The molecule has 4 rings (SSSR count). The zero-order valence-electron chi connectivity index (χ0n) is 18.5. The number of Topliss-reactive ketones (excluding diaryl/α,β-unsaturated/α-hetero) is 1. The number of benzene rings is 3. The number of aromatic nitrogens is 3. The van der Waals surface area contributed by atoms with E-state index in [1.807, 2.05) is 63.2 Å². The second kappa shape index (κ2) is 9.50. The fourth-order valence-electron chi connectivity index (χ4n) is 3.50. The molecule has 0 aliphatic rings. The summed E-state index contributed by atoms with van der Waals surface area (Å²) in [7, 11) is 0. The zero-order valence-corrected chi connectivity index (χ0v) is 20.1. The zero-order chi connectivity index (χ0) is 23.5. The van der Waals surface area contributed by atoms with Crippen molar-refractivity contribution in [1.82, 2.24) is 14.8 Å². The van der Waals surface area contributed by atoms with Crippen molar-refractivity contribution in [3.05, 3.63) is 99.3 Å². The van der Waals surface area contributed by atoms with Crippen LogP contribution in [0.3, 0.4) is 0 Å². The number of carbonyl (C=O) groups is 2. The second-order valence-corrected chi connectivity index (χ2v) is 8.75. The molecule has 166 valence electrons. The predicted octanol–water partition coefficient (Wildman–Crippen LogP) is 5.66. The van der Waals surface area contributed by atoms with Gasteiger partial charge in [0.1, 0.15) is 0 Å². The minimum Gasteiger partial charge on any atom is -0.451 e. The summed E-state index contributed by atoms with van der Waals surface area (Å²) in [6, 6.07) is 20.7. The lowest BCUT2D eigenvalue weighted by Crippen LogP contribution is -2.15. The average molecular weight is 504 g/mol. The van der Waals surface area contributed by atoms with Crippen molar-refractivity contribution in [3.8, 4) is 17.1 Å². The van der Waals surface area contributed by atoms with Crippen LogP contribution in [0.4, 0.5) is 0 Å². The van der Waals surface area contributed by atoms with Gasteiger partial charge in [-0.25, -0.2) is 14.5 Å². The van der Waals surface area contributed by atoms with Crippen molar-refractivity contribution in [2.24, 2.45) is 0 Å². The molecule has 0 bridgehead atoms. The fourth-order valence-corrected chi connectivity index (χ4v) is 3.76. The lowest BCUT2D eigenvalue weighted by molar-refractivity contribution is 0.0462. The van der Waals surface area contributed by atoms with Gasteiger partial charge in [0.15, 0.2) is 18.2 Å². The Morgan fingerprint density at radius 3 is 2.36 bits per heavy atom. The highest BCUT2D eigenvalue weighted by Gasteiger charge is 2.22. The normalized spacial score (nSPS) is 10.8. The molecule has 1 aromatic heterocycles. The fraction of sp³-hybridized carbons (Fsp3) is 0.154. The first kappa shape index (κ1) is 22.6. The lowest BCUT2D eigenvalue weighted by atomic mass is 10.1. The van der Waals surface area contributed by atoms with Crippen molar-refractivity contribution in [2.75, 3.05) is 6.61 Å². The van der Waals surface area contributed by atoms with E-state index in [2.05, 4.69) is 26.0 Å². The summed E-state index contributed by atoms with van der Waals surface area (Å²) in [6.07, 6.45) is 0. The maximum absolute atomic E-state index is 12.7.